The number of nitrogens with one attached hydrogen (secondary N) is 2. The summed E-state index contributed by atoms with van der Waals surface area (Å²) >= 11 is 5.68. The van der Waals surface area contributed by atoms with E-state index in [1.165, 1.54) is 18.2 Å². The molecule has 5 heteroatoms. The summed E-state index contributed by atoms with van der Waals surface area (Å²) in [5.74, 6) is -0.692. The number of rotatable bonds is 3. The van der Waals surface area contributed by atoms with Gasteiger partial charge in [-0.15, -0.1) is 0 Å². The summed E-state index contributed by atoms with van der Waals surface area (Å²) in [6.45, 7) is 0. The maximum atomic E-state index is 13.0. The lowest BCUT2D eigenvalue weighted by molar-refractivity contribution is 0.0924. The molecule has 1 aromatic carbocycles. The first-order valence-electron chi connectivity index (χ1n) is 6.53. The van der Waals surface area contributed by atoms with Crippen LogP contribution in [0, 0.1) is 5.82 Å². The summed E-state index contributed by atoms with van der Waals surface area (Å²) in [5.41, 5.74) is 0.405. The Labute approximate surface area is 117 Å². The van der Waals surface area contributed by atoms with Crippen LogP contribution in [0.15, 0.2) is 18.2 Å². The van der Waals surface area contributed by atoms with E-state index in [9.17, 15) is 9.18 Å². The van der Waals surface area contributed by atoms with Crippen molar-refractivity contribution in [3.63, 3.8) is 0 Å². The number of amides is 1. The second-order valence-corrected chi connectivity index (χ2v) is 5.35. The number of halogens is 2. The lowest BCUT2D eigenvalue weighted by Crippen LogP contribution is -2.41. The number of hydrogen-bond donors (Lipinski definition) is 2. The van der Waals surface area contributed by atoms with Gasteiger partial charge in [-0.2, -0.15) is 0 Å². The molecule has 1 amide bonds. The molecule has 3 nitrogen and oxygen atoms in total. The SMILES string of the molecule is CNC1CCC(NC(=O)c2ccc(F)c(Cl)c2)CC1. The summed E-state index contributed by atoms with van der Waals surface area (Å²) < 4.78 is 13.0. The molecular weight excluding hydrogens is 267 g/mol. The Hall–Kier alpha value is -1.13. The van der Waals surface area contributed by atoms with Gasteiger partial charge in [-0.05, 0) is 50.9 Å². The summed E-state index contributed by atoms with van der Waals surface area (Å²) in [6.07, 6.45) is 4.05. The first-order valence-corrected chi connectivity index (χ1v) is 6.91. The fraction of sp³-hybridized carbons (Fsp3) is 0.500. The lowest BCUT2D eigenvalue weighted by Gasteiger charge is -2.28. The molecule has 1 fully saturated rings. The van der Waals surface area contributed by atoms with E-state index in [4.69, 9.17) is 11.6 Å². The van der Waals surface area contributed by atoms with Crippen LogP contribution in [0.1, 0.15) is 36.0 Å². The Balaban J connectivity index is 1.92. The predicted octanol–water partition coefficient (Wildman–Crippen LogP) is 2.74. The highest BCUT2D eigenvalue weighted by Gasteiger charge is 2.21. The minimum atomic E-state index is -0.507. The zero-order chi connectivity index (χ0) is 13.8. The smallest absolute Gasteiger partial charge is 0.251 e. The van der Waals surface area contributed by atoms with Crippen LogP contribution < -0.4 is 10.6 Å². The van der Waals surface area contributed by atoms with Crippen molar-refractivity contribution in [3.05, 3.63) is 34.6 Å². The third-order valence-electron chi connectivity index (χ3n) is 3.65. The van der Waals surface area contributed by atoms with Gasteiger partial charge in [-0.25, -0.2) is 4.39 Å². The Morgan fingerprint density at radius 3 is 2.47 bits per heavy atom. The van der Waals surface area contributed by atoms with Crippen molar-refractivity contribution in [3.8, 4) is 0 Å². The molecule has 1 aliphatic rings. The largest absolute Gasteiger partial charge is 0.349 e. The van der Waals surface area contributed by atoms with Crippen molar-refractivity contribution >= 4 is 17.5 Å². The van der Waals surface area contributed by atoms with Crippen LogP contribution >= 0.6 is 11.6 Å². The Morgan fingerprint density at radius 1 is 1.26 bits per heavy atom. The van der Waals surface area contributed by atoms with E-state index in [1.54, 1.807) is 0 Å². The van der Waals surface area contributed by atoms with Gasteiger partial charge in [0, 0.05) is 17.6 Å². The molecule has 2 N–H and O–H groups in total. The van der Waals surface area contributed by atoms with Gasteiger partial charge in [0.2, 0.25) is 0 Å². The maximum Gasteiger partial charge on any atom is 0.251 e. The van der Waals surface area contributed by atoms with E-state index in [-0.39, 0.29) is 17.0 Å². The van der Waals surface area contributed by atoms with Crippen molar-refractivity contribution in [2.75, 3.05) is 7.05 Å². The van der Waals surface area contributed by atoms with Crippen LogP contribution in [0.3, 0.4) is 0 Å². The van der Waals surface area contributed by atoms with Crippen molar-refractivity contribution in [1.29, 1.82) is 0 Å². The first-order chi connectivity index (χ1) is 9.10. The van der Waals surface area contributed by atoms with Gasteiger partial charge in [0.05, 0.1) is 5.02 Å². The third-order valence-corrected chi connectivity index (χ3v) is 3.94. The van der Waals surface area contributed by atoms with Crippen LogP contribution in [-0.4, -0.2) is 25.0 Å². The summed E-state index contributed by atoms with van der Waals surface area (Å²) in [5, 5.41) is 6.21. The number of carbonyl (C=O) groups excluding carboxylic acids is 1. The van der Waals surface area contributed by atoms with E-state index in [0.717, 1.165) is 25.7 Å². The number of carbonyl (C=O) groups is 1. The molecule has 0 spiro atoms. The maximum absolute atomic E-state index is 13.0. The Morgan fingerprint density at radius 2 is 1.89 bits per heavy atom. The molecule has 0 radical (unpaired) electrons. The van der Waals surface area contributed by atoms with Crippen LogP contribution in [0.4, 0.5) is 4.39 Å². The fourth-order valence-electron chi connectivity index (χ4n) is 2.43. The average Bonchev–Trinajstić information content (AvgIpc) is 2.42. The predicted molar refractivity (Wildman–Crippen MR) is 74.0 cm³/mol. The molecule has 0 unspecified atom stereocenters. The van der Waals surface area contributed by atoms with E-state index in [0.29, 0.717) is 11.6 Å². The summed E-state index contributed by atoms with van der Waals surface area (Å²) in [6, 6.07) is 4.78. The van der Waals surface area contributed by atoms with E-state index in [1.807, 2.05) is 7.05 Å². The second-order valence-electron chi connectivity index (χ2n) is 4.94. The minimum absolute atomic E-state index is 0.0217. The highest BCUT2D eigenvalue weighted by Crippen LogP contribution is 2.20. The topological polar surface area (TPSA) is 41.1 Å². The Kier molecular flexibility index (Phi) is 4.77. The molecule has 104 valence electrons. The molecule has 1 saturated carbocycles. The lowest BCUT2D eigenvalue weighted by atomic mass is 9.91. The van der Waals surface area contributed by atoms with Crippen LogP contribution in [0.2, 0.25) is 5.02 Å². The molecule has 19 heavy (non-hydrogen) atoms. The molecule has 0 atom stereocenters. The molecule has 0 bridgehead atoms. The molecular formula is C14H18ClFN2O. The molecule has 0 aromatic heterocycles. The zero-order valence-corrected chi connectivity index (χ0v) is 11.6. The van der Waals surface area contributed by atoms with Gasteiger partial charge in [-0.1, -0.05) is 11.6 Å². The van der Waals surface area contributed by atoms with E-state index >= 15 is 0 Å². The highest BCUT2D eigenvalue weighted by molar-refractivity contribution is 6.31. The number of benzene rings is 1. The van der Waals surface area contributed by atoms with Crippen LogP contribution in [0.25, 0.3) is 0 Å². The third kappa shape index (κ3) is 3.67. The first kappa shape index (κ1) is 14.3. The molecule has 1 aliphatic carbocycles. The Bertz CT molecular complexity index is 459. The molecule has 0 heterocycles. The zero-order valence-electron chi connectivity index (χ0n) is 10.9. The van der Waals surface area contributed by atoms with Gasteiger partial charge in [-0.3, -0.25) is 4.79 Å². The van der Waals surface area contributed by atoms with Gasteiger partial charge in [0.15, 0.2) is 0 Å². The van der Waals surface area contributed by atoms with Gasteiger partial charge >= 0.3 is 0 Å². The quantitative estimate of drug-likeness (QED) is 0.896. The monoisotopic (exact) mass is 284 g/mol. The van der Waals surface area contributed by atoms with Crippen LogP contribution in [0.5, 0.6) is 0 Å². The standard InChI is InChI=1S/C14H18ClFN2O/c1-17-10-3-5-11(6-4-10)18-14(19)9-2-7-13(16)12(15)8-9/h2,7-8,10-11,17H,3-6H2,1H3,(H,18,19). The van der Waals surface area contributed by atoms with Crippen molar-refractivity contribution < 1.29 is 9.18 Å². The molecule has 2 rings (SSSR count). The van der Waals surface area contributed by atoms with Gasteiger partial charge in [0.1, 0.15) is 5.82 Å². The molecule has 0 aliphatic heterocycles. The average molecular weight is 285 g/mol. The van der Waals surface area contributed by atoms with Crippen molar-refractivity contribution in [1.82, 2.24) is 10.6 Å². The summed E-state index contributed by atoms with van der Waals surface area (Å²) in [4.78, 5) is 12.0. The fourth-order valence-corrected chi connectivity index (χ4v) is 2.61. The minimum Gasteiger partial charge on any atom is -0.349 e. The molecule has 0 saturated heterocycles. The normalized spacial score (nSPS) is 23.1. The highest BCUT2D eigenvalue weighted by atomic mass is 35.5. The number of hydrogen-bond acceptors (Lipinski definition) is 2. The summed E-state index contributed by atoms with van der Waals surface area (Å²) in [7, 11) is 1.96. The van der Waals surface area contributed by atoms with Crippen molar-refractivity contribution in [2.45, 2.75) is 37.8 Å². The van der Waals surface area contributed by atoms with Crippen LogP contribution in [-0.2, 0) is 0 Å². The van der Waals surface area contributed by atoms with Crippen molar-refractivity contribution in [2.24, 2.45) is 0 Å². The van der Waals surface area contributed by atoms with E-state index in [2.05, 4.69) is 10.6 Å². The second kappa shape index (κ2) is 6.35. The van der Waals surface area contributed by atoms with Gasteiger partial charge in [0.25, 0.3) is 5.91 Å². The molecule has 1 aromatic rings. The van der Waals surface area contributed by atoms with E-state index < -0.39 is 5.82 Å². The van der Waals surface area contributed by atoms with Gasteiger partial charge < -0.3 is 10.6 Å².